The Bertz CT molecular complexity index is 543. The van der Waals surface area contributed by atoms with Gasteiger partial charge in [-0.2, -0.15) is 0 Å². The Morgan fingerprint density at radius 2 is 1.85 bits per heavy atom. The van der Waals surface area contributed by atoms with E-state index in [1.165, 1.54) is 4.31 Å². The molecule has 1 N–H and O–H groups in total. The third-order valence-corrected chi connectivity index (χ3v) is 4.21. The topological polar surface area (TPSA) is 66.5 Å². The van der Waals surface area contributed by atoms with E-state index in [1.807, 2.05) is 6.92 Å². The Morgan fingerprint density at radius 1 is 1.25 bits per heavy atom. The number of nitrogens with one attached hydrogen (secondary N) is 1. The van der Waals surface area contributed by atoms with E-state index in [0.717, 1.165) is 6.26 Å². The summed E-state index contributed by atoms with van der Waals surface area (Å²) in [4.78, 5) is 11.8. The van der Waals surface area contributed by atoms with Crippen LogP contribution in [-0.4, -0.2) is 38.0 Å². The minimum Gasteiger partial charge on any atom is -0.326 e. The number of halogens is 1. The summed E-state index contributed by atoms with van der Waals surface area (Å²) in [5, 5.41) is 3.29. The van der Waals surface area contributed by atoms with Crippen LogP contribution in [0.15, 0.2) is 24.3 Å². The molecule has 0 spiro atoms. The first-order chi connectivity index (χ1) is 9.32. The van der Waals surface area contributed by atoms with Crippen LogP contribution in [0.1, 0.15) is 19.8 Å². The Balaban J connectivity index is 2.51. The van der Waals surface area contributed by atoms with Crippen molar-refractivity contribution in [1.82, 2.24) is 4.31 Å². The van der Waals surface area contributed by atoms with Crippen LogP contribution in [0.4, 0.5) is 5.69 Å². The van der Waals surface area contributed by atoms with Gasteiger partial charge in [0.25, 0.3) is 0 Å². The van der Waals surface area contributed by atoms with Gasteiger partial charge in [0.1, 0.15) is 0 Å². The van der Waals surface area contributed by atoms with Crippen molar-refractivity contribution in [3.05, 3.63) is 29.3 Å². The van der Waals surface area contributed by atoms with E-state index < -0.39 is 10.0 Å². The second-order valence-electron chi connectivity index (χ2n) is 4.47. The van der Waals surface area contributed by atoms with E-state index >= 15 is 0 Å². The fourth-order valence-corrected chi connectivity index (χ4v) is 2.74. The van der Waals surface area contributed by atoms with Crippen molar-refractivity contribution >= 4 is 33.2 Å². The zero-order valence-electron chi connectivity index (χ0n) is 11.6. The number of nitrogens with zero attached hydrogens (tertiary/aromatic N) is 1. The molecule has 0 saturated heterocycles. The van der Waals surface area contributed by atoms with Gasteiger partial charge < -0.3 is 5.32 Å². The van der Waals surface area contributed by atoms with Gasteiger partial charge in [-0.25, -0.2) is 12.7 Å². The maximum atomic E-state index is 11.8. The molecule has 1 rings (SSSR count). The molecule has 1 aromatic carbocycles. The highest BCUT2D eigenvalue weighted by Crippen LogP contribution is 2.13. The Labute approximate surface area is 125 Å². The number of rotatable bonds is 7. The summed E-state index contributed by atoms with van der Waals surface area (Å²) >= 11 is 5.75. The predicted molar refractivity (Wildman–Crippen MR) is 81.4 cm³/mol. The van der Waals surface area contributed by atoms with E-state index in [-0.39, 0.29) is 18.9 Å². The normalized spacial score (nSPS) is 11.6. The summed E-state index contributed by atoms with van der Waals surface area (Å²) in [7, 11) is -3.27. The molecule has 0 bridgehead atoms. The lowest BCUT2D eigenvalue weighted by Gasteiger charge is -2.18. The molecule has 0 heterocycles. The summed E-state index contributed by atoms with van der Waals surface area (Å²) in [5.74, 6) is -0.225. The highest BCUT2D eigenvalue weighted by atomic mass is 35.5. The molecule has 7 heteroatoms. The first-order valence-corrected chi connectivity index (χ1v) is 8.56. The van der Waals surface area contributed by atoms with Crippen LogP contribution in [-0.2, 0) is 14.8 Å². The third kappa shape index (κ3) is 5.90. The second kappa shape index (κ2) is 7.61. The maximum absolute atomic E-state index is 11.8. The first-order valence-electron chi connectivity index (χ1n) is 6.33. The van der Waals surface area contributed by atoms with Crippen molar-refractivity contribution in [2.24, 2.45) is 0 Å². The maximum Gasteiger partial charge on any atom is 0.225 e. The van der Waals surface area contributed by atoms with Crippen LogP contribution >= 0.6 is 11.6 Å². The minimum absolute atomic E-state index is 0.121. The van der Waals surface area contributed by atoms with Gasteiger partial charge in [0.15, 0.2) is 0 Å². The van der Waals surface area contributed by atoms with Crippen LogP contribution in [0.5, 0.6) is 0 Å². The number of amides is 1. The molecule has 1 aromatic rings. The number of carbonyl (C=O) groups is 1. The Morgan fingerprint density at radius 3 is 2.35 bits per heavy atom. The summed E-state index contributed by atoms with van der Waals surface area (Å²) < 4.78 is 24.3. The summed E-state index contributed by atoms with van der Waals surface area (Å²) in [5.41, 5.74) is 0.640. The third-order valence-electron chi connectivity index (χ3n) is 2.66. The highest BCUT2D eigenvalue weighted by molar-refractivity contribution is 7.88. The van der Waals surface area contributed by atoms with Crippen molar-refractivity contribution < 1.29 is 13.2 Å². The molecule has 0 saturated carbocycles. The van der Waals surface area contributed by atoms with Gasteiger partial charge in [0.2, 0.25) is 15.9 Å². The molecule has 0 aliphatic carbocycles. The fourth-order valence-electron chi connectivity index (χ4n) is 1.68. The van der Waals surface area contributed by atoms with Gasteiger partial charge in [0.05, 0.1) is 6.26 Å². The molecule has 20 heavy (non-hydrogen) atoms. The molecule has 1 amide bonds. The molecule has 0 unspecified atom stereocenters. The van der Waals surface area contributed by atoms with Gasteiger partial charge in [-0.1, -0.05) is 18.5 Å². The monoisotopic (exact) mass is 318 g/mol. The van der Waals surface area contributed by atoms with E-state index in [2.05, 4.69) is 5.32 Å². The van der Waals surface area contributed by atoms with E-state index in [9.17, 15) is 13.2 Å². The Hall–Kier alpha value is -1.11. The molecule has 0 atom stereocenters. The van der Waals surface area contributed by atoms with E-state index in [1.54, 1.807) is 24.3 Å². The van der Waals surface area contributed by atoms with E-state index in [4.69, 9.17) is 11.6 Å². The van der Waals surface area contributed by atoms with Crippen molar-refractivity contribution in [2.75, 3.05) is 24.7 Å². The predicted octanol–water partition coefficient (Wildman–Crippen LogP) is 2.34. The molecular weight excluding hydrogens is 300 g/mol. The minimum atomic E-state index is -3.27. The SMILES string of the molecule is CCCN(CCC(=O)Nc1ccc(Cl)cc1)S(C)(=O)=O. The standard InChI is InChI=1S/C13H19ClN2O3S/c1-3-9-16(20(2,18)19)10-8-13(17)15-12-6-4-11(14)5-7-12/h4-7H,3,8-10H2,1-2H3,(H,15,17). The van der Waals surface area contributed by atoms with Crippen molar-refractivity contribution in [3.63, 3.8) is 0 Å². The van der Waals surface area contributed by atoms with Gasteiger partial charge >= 0.3 is 0 Å². The summed E-state index contributed by atoms with van der Waals surface area (Å²) in [6.45, 7) is 2.51. The number of anilines is 1. The molecular formula is C13H19ClN2O3S. The molecule has 0 fully saturated rings. The van der Waals surface area contributed by atoms with Crippen LogP contribution < -0.4 is 5.32 Å². The lowest BCUT2D eigenvalue weighted by Crippen LogP contribution is -2.33. The zero-order valence-corrected chi connectivity index (χ0v) is 13.2. The lowest BCUT2D eigenvalue weighted by atomic mass is 10.3. The van der Waals surface area contributed by atoms with Gasteiger partial charge in [-0.3, -0.25) is 4.79 Å². The second-order valence-corrected chi connectivity index (χ2v) is 6.89. The number of hydrogen-bond acceptors (Lipinski definition) is 3. The molecule has 0 aliphatic rings. The van der Waals surface area contributed by atoms with Crippen LogP contribution in [0.2, 0.25) is 5.02 Å². The van der Waals surface area contributed by atoms with Crippen molar-refractivity contribution in [2.45, 2.75) is 19.8 Å². The zero-order chi connectivity index (χ0) is 15.2. The van der Waals surface area contributed by atoms with Crippen LogP contribution in [0.25, 0.3) is 0 Å². The quantitative estimate of drug-likeness (QED) is 0.839. The largest absolute Gasteiger partial charge is 0.326 e. The smallest absolute Gasteiger partial charge is 0.225 e. The van der Waals surface area contributed by atoms with Crippen LogP contribution in [0.3, 0.4) is 0 Å². The molecule has 112 valence electrons. The van der Waals surface area contributed by atoms with Crippen molar-refractivity contribution in [1.29, 1.82) is 0 Å². The summed E-state index contributed by atoms with van der Waals surface area (Å²) in [6.07, 6.45) is 1.99. The fraction of sp³-hybridized carbons (Fsp3) is 0.462. The van der Waals surface area contributed by atoms with Gasteiger partial charge in [0, 0.05) is 30.2 Å². The average Bonchev–Trinajstić information content (AvgIpc) is 2.36. The number of hydrogen-bond donors (Lipinski definition) is 1. The van der Waals surface area contributed by atoms with Crippen molar-refractivity contribution in [3.8, 4) is 0 Å². The summed E-state index contributed by atoms with van der Waals surface area (Å²) in [6, 6.07) is 6.75. The molecule has 0 aliphatic heterocycles. The van der Waals surface area contributed by atoms with Gasteiger partial charge in [-0.15, -0.1) is 0 Å². The number of sulfonamides is 1. The number of carbonyl (C=O) groups excluding carboxylic acids is 1. The molecule has 0 aromatic heterocycles. The first kappa shape index (κ1) is 16.9. The number of benzene rings is 1. The van der Waals surface area contributed by atoms with Gasteiger partial charge in [-0.05, 0) is 30.7 Å². The van der Waals surface area contributed by atoms with E-state index in [0.29, 0.717) is 23.7 Å². The Kier molecular flexibility index (Phi) is 6.45. The highest BCUT2D eigenvalue weighted by Gasteiger charge is 2.16. The molecule has 5 nitrogen and oxygen atoms in total. The van der Waals surface area contributed by atoms with Crippen LogP contribution in [0, 0.1) is 0 Å². The molecule has 0 radical (unpaired) electrons. The lowest BCUT2D eigenvalue weighted by molar-refractivity contribution is -0.116. The average molecular weight is 319 g/mol.